The number of carbonyl (C=O) groups is 2. The van der Waals surface area contributed by atoms with E-state index in [4.69, 9.17) is 0 Å². The van der Waals surface area contributed by atoms with Crippen LogP contribution in [0.15, 0.2) is 36.4 Å². The summed E-state index contributed by atoms with van der Waals surface area (Å²) in [6, 6.07) is 10.5. The minimum atomic E-state index is -0.487. The Hall–Kier alpha value is -2.82. The molecule has 0 saturated carbocycles. The van der Waals surface area contributed by atoms with Crippen molar-refractivity contribution in [1.29, 1.82) is 0 Å². The normalized spacial score (nSPS) is 10.2. The van der Waals surface area contributed by atoms with Gasteiger partial charge in [0.2, 0.25) is 5.91 Å². The maximum absolute atomic E-state index is 12.0. The van der Waals surface area contributed by atoms with E-state index in [1.54, 1.807) is 6.07 Å². The van der Waals surface area contributed by atoms with Crippen LogP contribution in [0.5, 0.6) is 5.75 Å². The summed E-state index contributed by atoms with van der Waals surface area (Å²) in [5.41, 5.74) is 3.67. The summed E-state index contributed by atoms with van der Waals surface area (Å²) in [5.74, 6) is -0.904. The summed E-state index contributed by atoms with van der Waals surface area (Å²) in [6.45, 7) is 5.47. The molecular formula is C18H20N2O3. The number of aromatic hydroxyl groups is 1. The molecular weight excluding hydrogens is 292 g/mol. The first-order chi connectivity index (χ1) is 10.9. The Bertz CT molecular complexity index is 734. The number of aryl methyl sites for hydroxylation is 3. The quantitative estimate of drug-likeness (QED) is 0.812. The number of nitrogens with one attached hydrogen (secondary N) is 2. The lowest BCUT2D eigenvalue weighted by Gasteiger charge is -2.12. The van der Waals surface area contributed by atoms with Crippen LogP contribution in [0.25, 0.3) is 0 Å². The minimum Gasteiger partial charge on any atom is -0.507 e. The number of anilines is 1. The van der Waals surface area contributed by atoms with Gasteiger partial charge in [0.05, 0.1) is 12.1 Å². The Balaban J connectivity index is 1.98. The van der Waals surface area contributed by atoms with Crippen molar-refractivity contribution in [3.05, 3.63) is 58.7 Å². The summed E-state index contributed by atoms with van der Waals surface area (Å²) >= 11 is 0. The number of hydrogen-bond donors (Lipinski definition) is 3. The molecule has 23 heavy (non-hydrogen) atoms. The van der Waals surface area contributed by atoms with Gasteiger partial charge in [0, 0.05) is 5.69 Å². The molecule has 0 bridgehead atoms. The lowest BCUT2D eigenvalue weighted by molar-refractivity contribution is -0.115. The van der Waals surface area contributed by atoms with Gasteiger partial charge in [-0.2, -0.15) is 0 Å². The molecule has 0 radical (unpaired) electrons. The maximum Gasteiger partial charge on any atom is 0.255 e. The smallest absolute Gasteiger partial charge is 0.255 e. The summed E-state index contributed by atoms with van der Waals surface area (Å²) in [7, 11) is 0. The van der Waals surface area contributed by atoms with Gasteiger partial charge >= 0.3 is 0 Å². The van der Waals surface area contributed by atoms with Gasteiger partial charge in [0.1, 0.15) is 5.75 Å². The first kappa shape index (κ1) is 16.5. The van der Waals surface area contributed by atoms with Gasteiger partial charge in [-0.05, 0) is 49.6 Å². The summed E-state index contributed by atoms with van der Waals surface area (Å²) in [4.78, 5) is 24.0. The molecule has 0 spiro atoms. The van der Waals surface area contributed by atoms with E-state index < -0.39 is 5.91 Å². The molecule has 2 aromatic carbocycles. The van der Waals surface area contributed by atoms with Crippen LogP contribution in [0.3, 0.4) is 0 Å². The van der Waals surface area contributed by atoms with E-state index in [1.165, 1.54) is 12.1 Å². The van der Waals surface area contributed by atoms with Crippen LogP contribution in [0.1, 0.15) is 27.0 Å². The van der Waals surface area contributed by atoms with Crippen LogP contribution in [0.2, 0.25) is 0 Å². The monoisotopic (exact) mass is 312 g/mol. The number of carbonyl (C=O) groups excluding carboxylic acids is 2. The molecule has 5 nitrogen and oxygen atoms in total. The van der Waals surface area contributed by atoms with E-state index in [2.05, 4.69) is 10.6 Å². The van der Waals surface area contributed by atoms with Gasteiger partial charge in [-0.15, -0.1) is 0 Å². The van der Waals surface area contributed by atoms with Crippen LogP contribution in [0, 0.1) is 20.8 Å². The van der Waals surface area contributed by atoms with E-state index in [0.717, 1.165) is 22.4 Å². The molecule has 0 unspecified atom stereocenters. The van der Waals surface area contributed by atoms with E-state index in [-0.39, 0.29) is 23.8 Å². The second kappa shape index (κ2) is 6.96. The number of phenolic OH excluding ortho intramolecular Hbond substituents is 1. The average Bonchev–Trinajstić information content (AvgIpc) is 2.49. The number of amides is 2. The van der Waals surface area contributed by atoms with Crippen LogP contribution >= 0.6 is 0 Å². The molecule has 3 N–H and O–H groups in total. The number of para-hydroxylation sites is 1. The van der Waals surface area contributed by atoms with E-state index in [9.17, 15) is 14.7 Å². The SMILES string of the molecule is Cc1ccc(C(=O)NCC(=O)Nc2c(C)cccc2C)c(O)c1. The molecule has 0 heterocycles. The van der Waals surface area contributed by atoms with Crippen molar-refractivity contribution in [1.82, 2.24) is 5.32 Å². The van der Waals surface area contributed by atoms with Gasteiger partial charge in [-0.3, -0.25) is 9.59 Å². The van der Waals surface area contributed by atoms with Crippen molar-refractivity contribution in [3.8, 4) is 5.75 Å². The molecule has 2 aromatic rings. The second-order valence-electron chi connectivity index (χ2n) is 5.52. The van der Waals surface area contributed by atoms with E-state index in [0.29, 0.717) is 0 Å². The van der Waals surface area contributed by atoms with Crippen molar-refractivity contribution in [2.75, 3.05) is 11.9 Å². The van der Waals surface area contributed by atoms with Crippen LogP contribution < -0.4 is 10.6 Å². The Morgan fingerprint density at radius 2 is 1.70 bits per heavy atom. The zero-order valence-corrected chi connectivity index (χ0v) is 13.4. The van der Waals surface area contributed by atoms with E-state index in [1.807, 2.05) is 39.0 Å². The second-order valence-corrected chi connectivity index (χ2v) is 5.52. The Labute approximate surface area is 135 Å². The predicted molar refractivity (Wildman–Crippen MR) is 89.7 cm³/mol. The van der Waals surface area contributed by atoms with Gasteiger partial charge in [-0.25, -0.2) is 0 Å². The highest BCUT2D eigenvalue weighted by Crippen LogP contribution is 2.19. The largest absolute Gasteiger partial charge is 0.507 e. The van der Waals surface area contributed by atoms with Crippen molar-refractivity contribution in [2.45, 2.75) is 20.8 Å². The van der Waals surface area contributed by atoms with Crippen molar-refractivity contribution in [3.63, 3.8) is 0 Å². The molecule has 120 valence electrons. The van der Waals surface area contributed by atoms with Crippen molar-refractivity contribution >= 4 is 17.5 Å². The third-order valence-corrected chi connectivity index (χ3v) is 3.55. The Kier molecular flexibility index (Phi) is 5.01. The lowest BCUT2D eigenvalue weighted by atomic mass is 10.1. The zero-order chi connectivity index (χ0) is 17.0. The highest BCUT2D eigenvalue weighted by molar-refractivity contribution is 6.01. The predicted octanol–water partition coefficient (Wildman–Crippen LogP) is 2.69. The molecule has 0 saturated heterocycles. The molecule has 0 aliphatic heterocycles. The average molecular weight is 312 g/mol. The van der Waals surface area contributed by atoms with Crippen LogP contribution in [0.4, 0.5) is 5.69 Å². The fraction of sp³-hybridized carbons (Fsp3) is 0.222. The third-order valence-electron chi connectivity index (χ3n) is 3.55. The van der Waals surface area contributed by atoms with Gasteiger partial charge in [0.15, 0.2) is 0 Å². The minimum absolute atomic E-state index is 0.0994. The lowest BCUT2D eigenvalue weighted by Crippen LogP contribution is -2.33. The molecule has 5 heteroatoms. The third kappa shape index (κ3) is 4.10. The maximum atomic E-state index is 12.0. The molecule has 0 aliphatic rings. The molecule has 0 atom stereocenters. The van der Waals surface area contributed by atoms with E-state index >= 15 is 0 Å². The Morgan fingerprint density at radius 3 is 2.30 bits per heavy atom. The first-order valence-corrected chi connectivity index (χ1v) is 7.32. The molecule has 2 rings (SSSR count). The zero-order valence-electron chi connectivity index (χ0n) is 13.4. The highest BCUT2D eigenvalue weighted by atomic mass is 16.3. The molecule has 0 aromatic heterocycles. The summed E-state index contributed by atoms with van der Waals surface area (Å²) in [6.07, 6.45) is 0. The van der Waals surface area contributed by atoms with Gasteiger partial charge in [0.25, 0.3) is 5.91 Å². The summed E-state index contributed by atoms with van der Waals surface area (Å²) < 4.78 is 0. The number of phenols is 1. The number of benzene rings is 2. The van der Waals surface area contributed by atoms with Crippen molar-refractivity contribution in [2.24, 2.45) is 0 Å². The molecule has 0 aliphatic carbocycles. The van der Waals surface area contributed by atoms with Crippen LogP contribution in [-0.2, 0) is 4.79 Å². The molecule has 0 fully saturated rings. The van der Waals surface area contributed by atoms with Crippen molar-refractivity contribution < 1.29 is 14.7 Å². The highest BCUT2D eigenvalue weighted by Gasteiger charge is 2.13. The Morgan fingerprint density at radius 1 is 1.04 bits per heavy atom. The van der Waals surface area contributed by atoms with Gasteiger partial charge < -0.3 is 15.7 Å². The first-order valence-electron chi connectivity index (χ1n) is 7.32. The number of hydrogen-bond acceptors (Lipinski definition) is 3. The fourth-order valence-corrected chi connectivity index (χ4v) is 2.28. The summed E-state index contributed by atoms with van der Waals surface area (Å²) in [5, 5.41) is 15.1. The van der Waals surface area contributed by atoms with Gasteiger partial charge in [-0.1, -0.05) is 24.3 Å². The standard InChI is InChI=1S/C18H20N2O3/c1-11-7-8-14(15(21)9-11)18(23)19-10-16(22)20-17-12(2)5-4-6-13(17)3/h4-9,21H,10H2,1-3H3,(H,19,23)(H,20,22). The fourth-order valence-electron chi connectivity index (χ4n) is 2.28. The number of rotatable bonds is 4. The topological polar surface area (TPSA) is 78.4 Å². The molecule has 2 amide bonds. The van der Waals surface area contributed by atoms with Crippen LogP contribution in [-0.4, -0.2) is 23.5 Å².